The molecule has 2 aromatic heterocycles. The van der Waals surface area contributed by atoms with E-state index in [-0.39, 0.29) is 0 Å². The van der Waals surface area contributed by atoms with Crippen molar-refractivity contribution in [1.29, 1.82) is 0 Å². The van der Waals surface area contributed by atoms with E-state index in [1.54, 1.807) is 13.3 Å². The van der Waals surface area contributed by atoms with Crippen LogP contribution >= 0.6 is 0 Å². The number of methoxy groups -OCH3 is 1. The summed E-state index contributed by atoms with van der Waals surface area (Å²) >= 11 is 0. The van der Waals surface area contributed by atoms with Crippen LogP contribution in [0.15, 0.2) is 30.5 Å². The Balaban J connectivity index is 1.67. The molecule has 1 fully saturated rings. The Hall–Kier alpha value is -2.83. The number of aromatic nitrogens is 4. The second-order valence-corrected chi connectivity index (χ2v) is 6.55. The monoisotopic (exact) mass is 338 g/mol. The zero-order chi connectivity index (χ0) is 17.2. The standard InChI is InChI=1S/C18H22N6O/c1-12-4-3-9-24(11-12)18-21-16(15-10-19-23-17(15)22-18)20-13-5-7-14(25-2)8-6-13/h5-8,10,12H,3-4,9,11H2,1-2H3,(H2,19,20,21,22,23). The normalized spacial score (nSPS) is 17.7. The molecule has 0 bridgehead atoms. The molecule has 7 heteroatoms. The molecule has 1 atom stereocenters. The van der Waals surface area contributed by atoms with Gasteiger partial charge in [0.25, 0.3) is 0 Å². The first-order valence-corrected chi connectivity index (χ1v) is 8.60. The lowest BCUT2D eigenvalue weighted by Crippen LogP contribution is -2.35. The van der Waals surface area contributed by atoms with Crippen LogP contribution in [0.3, 0.4) is 0 Å². The molecule has 4 rings (SSSR count). The van der Waals surface area contributed by atoms with Crippen LogP contribution in [0.5, 0.6) is 5.75 Å². The molecule has 1 saturated heterocycles. The van der Waals surface area contributed by atoms with E-state index >= 15 is 0 Å². The fraction of sp³-hybridized carbons (Fsp3) is 0.389. The molecule has 3 heterocycles. The van der Waals surface area contributed by atoms with Crippen molar-refractivity contribution in [2.45, 2.75) is 19.8 Å². The molecule has 0 amide bonds. The Kier molecular flexibility index (Phi) is 4.13. The number of anilines is 3. The van der Waals surface area contributed by atoms with Gasteiger partial charge in [-0.25, -0.2) is 0 Å². The van der Waals surface area contributed by atoms with Crippen molar-refractivity contribution in [2.24, 2.45) is 5.92 Å². The number of rotatable bonds is 4. The fourth-order valence-electron chi connectivity index (χ4n) is 3.24. The van der Waals surface area contributed by atoms with E-state index in [0.717, 1.165) is 47.3 Å². The largest absolute Gasteiger partial charge is 0.497 e. The highest BCUT2D eigenvalue weighted by atomic mass is 16.5. The van der Waals surface area contributed by atoms with Crippen LogP contribution in [-0.2, 0) is 0 Å². The number of H-pyrrole nitrogens is 1. The number of ether oxygens (including phenoxy) is 1. The highest BCUT2D eigenvalue weighted by Gasteiger charge is 2.20. The first-order chi connectivity index (χ1) is 12.2. The second kappa shape index (κ2) is 6.58. The van der Waals surface area contributed by atoms with Gasteiger partial charge in [-0.2, -0.15) is 15.1 Å². The first-order valence-electron chi connectivity index (χ1n) is 8.60. The van der Waals surface area contributed by atoms with Gasteiger partial charge in [0.2, 0.25) is 5.95 Å². The second-order valence-electron chi connectivity index (χ2n) is 6.55. The van der Waals surface area contributed by atoms with Gasteiger partial charge in [0.1, 0.15) is 11.6 Å². The van der Waals surface area contributed by atoms with Crippen LogP contribution in [0.1, 0.15) is 19.8 Å². The van der Waals surface area contributed by atoms with Crippen LogP contribution in [0, 0.1) is 5.92 Å². The summed E-state index contributed by atoms with van der Waals surface area (Å²) < 4.78 is 5.21. The molecule has 1 unspecified atom stereocenters. The van der Waals surface area contributed by atoms with Crippen molar-refractivity contribution in [3.8, 4) is 5.75 Å². The van der Waals surface area contributed by atoms with E-state index in [1.807, 2.05) is 24.3 Å². The molecule has 130 valence electrons. The quantitative estimate of drug-likeness (QED) is 0.759. The molecule has 1 aliphatic rings. The van der Waals surface area contributed by atoms with Gasteiger partial charge >= 0.3 is 0 Å². The molecule has 0 spiro atoms. The predicted octanol–water partition coefficient (Wildman–Crippen LogP) is 3.34. The third kappa shape index (κ3) is 3.22. The van der Waals surface area contributed by atoms with Gasteiger partial charge in [0.05, 0.1) is 18.7 Å². The zero-order valence-electron chi connectivity index (χ0n) is 14.5. The van der Waals surface area contributed by atoms with Gasteiger partial charge < -0.3 is 15.0 Å². The smallest absolute Gasteiger partial charge is 0.229 e. The van der Waals surface area contributed by atoms with E-state index in [9.17, 15) is 0 Å². The van der Waals surface area contributed by atoms with Gasteiger partial charge in [-0.15, -0.1) is 0 Å². The van der Waals surface area contributed by atoms with Crippen LogP contribution in [-0.4, -0.2) is 40.4 Å². The summed E-state index contributed by atoms with van der Waals surface area (Å²) in [6.45, 7) is 4.25. The summed E-state index contributed by atoms with van der Waals surface area (Å²) in [6.07, 6.45) is 4.19. The Morgan fingerprint density at radius 3 is 2.84 bits per heavy atom. The van der Waals surface area contributed by atoms with Gasteiger partial charge in [0, 0.05) is 18.8 Å². The first kappa shape index (κ1) is 15.7. The minimum absolute atomic E-state index is 0.660. The number of nitrogens with one attached hydrogen (secondary N) is 2. The van der Waals surface area contributed by atoms with Crippen LogP contribution < -0.4 is 15.0 Å². The number of piperidine rings is 1. The van der Waals surface area contributed by atoms with Crippen molar-refractivity contribution < 1.29 is 4.74 Å². The van der Waals surface area contributed by atoms with Crippen molar-refractivity contribution in [2.75, 3.05) is 30.4 Å². The molecule has 25 heavy (non-hydrogen) atoms. The average molecular weight is 338 g/mol. The van der Waals surface area contributed by atoms with Gasteiger partial charge in [-0.1, -0.05) is 6.92 Å². The Morgan fingerprint density at radius 2 is 2.08 bits per heavy atom. The number of aromatic amines is 1. The number of nitrogens with zero attached hydrogens (tertiary/aromatic N) is 4. The van der Waals surface area contributed by atoms with Crippen molar-refractivity contribution in [3.63, 3.8) is 0 Å². The molecule has 0 saturated carbocycles. The Labute approximate surface area is 146 Å². The highest BCUT2D eigenvalue weighted by molar-refractivity contribution is 5.89. The lowest BCUT2D eigenvalue weighted by atomic mass is 10.0. The zero-order valence-corrected chi connectivity index (χ0v) is 14.5. The molecule has 1 aliphatic heterocycles. The van der Waals surface area contributed by atoms with Crippen LogP contribution in [0.2, 0.25) is 0 Å². The van der Waals surface area contributed by atoms with E-state index in [4.69, 9.17) is 9.72 Å². The number of benzene rings is 1. The molecule has 7 nitrogen and oxygen atoms in total. The van der Waals surface area contributed by atoms with Crippen molar-refractivity contribution in [1.82, 2.24) is 20.2 Å². The van der Waals surface area contributed by atoms with E-state index in [0.29, 0.717) is 5.92 Å². The van der Waals surface area contributed by atoms with E-state index in [1.165, 1.54) is 12.8 Å². The van der Waals surface area contributed by atoms with Gasteiger partial charge in [0.15, 0.2) is 5.65 Å². The maximum atomic E-state index is 5.21. The number of fused-ring (bicyclic) bond motifs is 1. The molecule has 0 radical (unpaired) electrons. The van der Waals surface area contributed by atoms with E-state index in [2.05, 4.69) is 32.3 Å². The summed E-state index contributed by atoms with van der Waals surface area (Å²) in [6, 6.07) is 7.78. The number of hydrogen-bond donors (Lipinski definition) is 2. The molecule has 2 N–H and O–H groups in total. The summed E-state index contributed by atoms with van der Waals surface area (Å²) in [7, 11) is 1.66. The van der Waals surface area contributed by atoms with E-state index < -0.39 is 0 Å². The summed E-state index contributed by atoms with van der Waals surface area (Å²) in [5.74, 6) is 2.99. The van der Waals surface area contributed by atoms with Crippen molar-refractivity contribution >= 4 is 28.5 Å². The third-order valence-electron chi connectivity index (χ3n) is 4.59. The minimum atomic E-state index is 0.660. The molecular formula is C18H22N6O. The molecule has 1 aromatic carbocycles. The Bertz CT molecular complexity index is 860. The minimum Gasteiger partial charge on any atom is -0.497 e. The lowest BCUT2D eigenvalue weighted by Gasteiger charge is -2.31. The maximum absolute atomic E-state index is 5.21. The SMILES string of the molecule is COc1ccc(Nc2nc(N3CCCC(C)C3)nc3[nH]ncc23)cc1. The van der Waals surface area contributed by atoms with Crippen molar-refractivity contribution in [3.05, 3.63) is 30.5 Å². The maximum Gasteiger partial charge on any atom is 0.229 e. The topological polar surface area (TPSA) is 79.0 Å². The highest BCUT2D eigenvalue weighted by Crippen LogP contribution is 2.28. The summed E-state index contributed by atoms with van der Waals surface area (Å²) in [5, 5.41) is 11.4. The summed E-state index contributed by atoms with van der Waals surface area (Å²) in [4.78, 5) is 11.7. The van der Waals surface area contributed by atoms with Gasteiger partial charge in [-0.05, 0) is 43.0 Å². The molecular weight excluding hydrogens is 316 g/mol. The van der Waals surface area contributed by atoms with Crippen LogP contribution in [0.25, 0.3) is 11.0 Å². The molecule has 0 aliphatic carbocycles. The van der Waals surface area contributed by atoms with Crippen LogP contribution in [0.4, 0.5) is 17.5 Å². The lowest BCUT2D eigenvalue weighted by molar-refractivity contribution is 0.415. The Morgan fingerprint density at radius 1 is 1.24 bits per heavy atom. The fourth-order valence-corrected chi connectivity index (χ4v) is 3.24. The van der Waals surface area contributed by atoms with Gasteiger partial charge in [-0.3, -0.25) is 5.10 Å². The number of hydrogen-bond acceptors (Lipinski definition) is 6. The molecule has 3 aromatic rings. The predicted molar refractivity (Wildman–Crippen MR) is 98.6 cm³/mol. The summed E-state index contributed by atoms with van der Waals surface area (Å²) in [5.41, 5.74) is 1.69. The average Bonchev–Trinajstić information content (AvgIpc) is 3.11. The third-order valence-corrected chi connectivity index (χ3v) is 4.59.